The standard InChI is InChI=1S/C7H12O6S/c1-2-11-7(8)13-6-4-3-5-12-14(6,9)10/h6H,2-5H2,1H3. The largest absolute Gasteiger partial charge is 0.509 e. The maximum atomic E-state index is 11.2. The number of carbonyl (C=O) groups is 1. The Morgan fingerprint density at radius 2 is 2.29 bits per heavy atom. The van der Waals surface area contributed by atoms with Crippen LogP contribution in [0.15, 0.2) is 0 Å². The molecular formula is C7H12O6S. The fourth-order valence-corrected chi connectivity index (χ4v) is 2.18. The quantitative estimate of drug-likeness (QED) is 0.505. The molecule has 0 radical (unpaired) electrons. The van der Waals surface area contributed by atoms with E-state index in [1.54, 1.807) is 6.92 Å². The minimum Gasteiger partial charge on any atom is -0.435 e. The van der Waals surface area contributed by atoms with E-state index >= 15 is 0 Å². The number of ether oxygens (including phenoxy) is 2. The fourth-order valence-electron chi connectivity index (χ4n) is 1.02. The zero-order chi connectivity index (χ0) is 10.6. The summed E-state index contributed by atoms with van der Waals surface area (Å²) in [7, 11) is -3.76. The Morgan fingerprint density at radius 3 is 2.86 bits per heavy atom. The molecule has 0 aliphatic carbocycles. The van der Waals surface area contributed by atoms with Gasteiger partial charge in [0.2, 0.25) is 5.44 Å². The highest BCUT2D eigenvalue weighted by Gasteiger charge is 2.33. The van der Waals surface area contributed by atoms with E-state index in [9.17, 15) is 13.2 Å². The van der Waals surface area contributed by atoms with Crippen molar-refractivity contribution in [2.24, 2.45) is 0 Å². The van der Waals surface area contributed by atoms with Gasteiger partial charge in [-0.1, -0.05) is 0 Å². The number of carbonyl (C=O) groups excluding carboxylic acids is 1. The average molecular weight is 224 g/mol. The van der Waals surface area contributed by atoms with E-state index in [1.165, 1.54) is 0 Å². The molecule has 0 saturated carbocycles. The molecule has 0 aromatic carbocycles. The minimum absolute atomic E-state index is 0.144. The van der Waals surface area contributed by atoms with Crippen molar-refractivity contribution in [3.8, 4) is 0 Å². The molecule has 1 unspecified atom stereocenters. The molecule has 1 aliphatic rings. The Balaban J connectivity index is 2.54. The van der Waals surface area contributed by atoms with Crippen LogP contribution in [0.25, 0.3) is 0 Å². The van der Waals surface area contributed by atoms with E-state index in [0.717, 1.165) is 0 Å². The van der Waals surface area contributed by atoms with E-state index in [-0.39, 0.29) is 19.6 Å². The summed E-state index contributed by atoms with van der Waals surface area (Å²) in [5, 5.41) is 0. The van der Waals surface area contributed by atoms with Gasteiger partial charge in [-0.15, -0.1) is 0 Å². The van der Waals surface area contributed by atoms with Gasteiger partial charge in [0.05, 0.1) is 13.2 Å². The third kappa shape index (κ3) is 2.85. The van der Waals surface area contributed by atoms with Crippen molar-refractivity contribution in [1.29, 1.82) is 0 Å². The molecule has 7 heteroatoms. The normalized spacial score (nSPS) is 25.4. The predicted octanol–water partition coefficient (Wildman–Crippen LogP) is 0.626. The lowest BCUT2D eigenvalue weighted by atomic mass is 10.3. The number of rotatable bonds is 2. The van der Waals surface area contributed by atoms with Crippen LogP contribution in [0.5, 0.6) is 0 Å². The molecule has 0 bridgehead atoms. The lowest BCUT2D eigenvalue weighted by Crippen LogP contribution is -2.33. The Labute approximate surface area is 82.3 Å². The van der Waals surface area contributed by atoms with Crippen molar-refractivity contribution in [1.82, 2.24) is 0 Å². The Kier molecular flexibility index (Phi) is 3.70. The highest BCUT2D eigenvalue weighted by molar-refractivity contribution is 7.87. The van der Waals surface area contributed by atoms with Crippen LogP contribution in [0.4, 0.5) is 4.79 Å². The van der Waals surface area contributed by atoms with Crippen LogP contribution in [-0.4, -0.2) is 33.2 Å². The van der Waals surface area contributed by atoms with Crippen LogP contribution >= 0.6 is 0 Å². The summed E-state index contributed by atoms with van der Waals surface area (Å²) in [6, 6.07) is 0. The smallest absolute Gasteiger partial charge is 0.435 e. The Hall–Kier alpha value is -0.820. The molecule has 0 aromatic heterocycles. The molecule has 1 rings (SSSR count). The lowest BCUT2D eigenvalue weighted by Gasteiger charge is -2.21. The van der Waals surface area contributed by atoms with Crippen LogP contribution in [-0.2, 0) is 23.8 Å². The second-order valence-corrected chi connectivity index (χ2v) is 4.43. The monoisotopic (exact) mass is 224 g/mol. The van der Waals surface area contributed by atoms with Gasteiger partial charge in [0.1, 0.15) is 0 Å². The summed E-state index contributed by atoms with van der Waals surface area (Å²) in [4.78, 5) is 10.8. The molecule has 14 heavy (non-hydrogen) atoms. The van der Waals surface area contributed by atoms with Gasteiger partial charge < -0.3 is 9.47 Å². The van der Waals surface area contributed by atoms with Crippen LogP contribution in [0.2, 0.25) is 0 Å². The van der Waals surface area contributed by atoms with E-state index in [4.69, 9.17) is 0 Å². The molecule has 0 amide bonds. The highest BCUT2D eigenvalue weighted by Crippen LogP contribution is 2.19. The second-order valence-electron chi connectivity index (χ2n) is 2.69. The molecule has 1 heterocycles. The topological polar surface area (TPSA) is 78.9 Å². The van der Waals surface area contributed by atoms with Crippen molar-refractivity contribution in [3.63, 3.8) is 0 Å². The molecular weight excluding hydrogens is 212 g/mol. The van der Waals surface area contributed by atoms with Crippen LogP contribution < -0.4 is 0 Å². The summed E-state index contributed by atoms with van der Waals surface area (Å²) in [6.07, 6.45) is -0.184. The zero-order valence-electron chi connectivity index (χ0n) is 7.76. The second kappa shape index (κ2) is 4.61. The Bertz CT molecular complexity index is 295. The minimum atomic E-state index is -3.76. The number of hydrogen-bond donors (Lipinski definition) is 0. The van der Waals surface area contributed by atoms with Crippen LogP contribution in [0, 0.1) is 0 Å². The highest BCUT2D eigenvalue weighted by atomic mass is 32.2. The van der Waals surface area contributed by atoms with Crippen molar-refractivity contribution in [2.75, 3.05) is 13.2 Å². The van der Waals surface area contributed by atoms with Gasteiger partial charge in [0, 0.05) is 6.42 Å². The molecule has 1 atom stereocenters. The lowest BCUT2D eigenvalue weighted by molar-refractivity contribution is 0.0366. The van der Waals surface area contributed by atoms with Gasteiger partial charge in [-0.3, -0.25) is 4.18 Å². The van der Waals surface area contributed by atoms with Gasteiger partial charge in [-0.25, -0.2) is 4.79 Å². The maximum Gasteiger partial charge on any atom is 0.509 e. The summed E-state index contributed by atoms with van der Waals surface area (Å²) < 4.78 is 35.9. The third-order valence-corrected chi connectivity index (χ3v) is 3.11. The average Bonchev–Trinajstić information content (AvgIpc) is 2.09. The summed E-state index contributed by atoms with van der Waals surface area (Å²) in [6.45, 7) is 1.89. The molecule has 6 nitrogen and oxygen atoms in total. The first kappa shape index (κ1) is 11.3. The van der Waals surface area contributed by atoms with Crippen molar-refractivity contribution < 1.29 is 26.9 Å². The molecule has 0 aromatic rings. The summed E-state index contributed by atoms with van der Waals surface area (Å²) in [5.74, 6) is 0. The van der Waals surface area contributed by atoms with Gasteiger partial charge in [0.25, 0.3) is 0 Å². The van der Waals surface area contributed by atoms with Gasteiger partial charge in [-0.2, -0.15) is 8.42 Å². The van der Waals surface area contributed by atoms with Gasteiger partial charge in [-0.05, 0) is 13.3 Å². The molecule has 1 saturated heterocycles. The van der Waals surface area contributed by atoms with E-state index in [0.29, 0.717) is 6.42 Å². The van der Waals surface area contributed by atoms with Crippen LogP contribution in [0.1, 0.15) is 19.8 Å². The maximum absolute atomic E-state index is 11.2. The predicted molar refractivity (Wildman–Crippen MR) is 46.0 cm³/mol. The zero-order valence-corrected chi connectivity index (χ0v) is 8.58. The van der Waals surface area contributed by atoms with E-state index in [2.05, 4.69) is 13.7 Å². The molecule has 0 N–H and O–H groups in total. The Morgan fingerprint density at radius 1 is 1.57 bits per heavy atom. The van der Waals surface area contributed by atoms with Crippen molar-refractivity contribution in [3.05, 3.63) is 0 Å². The number of hydrogen-bond acceptors (Lipinski definition) is 6. The van der Waals surface area contributed by atoms with Gasteiger partial charge in [0.15, 0.2) is 0 Å². The SMILES string of the molecule is CCOC(=O)OC1CCCOS1(=O)=O. The first-order valence-electron chi connectivity index (χ1n) is 4.28. The first-order chi connectivity index (χ1) is 6.56. The van der Waals surface area contributed by atoms with E-state index in [1.807, 2.05) is 0 Å². The van der Waals surface area contributed by atoms with Crippen LogP contribution in [0.3, 0.4) is 0 Å². The first-order valence-corrected chi connectivity index (χ1v) is 5.75. The summed E-state index contributed by atoms with van der Waals surface area (Å²) in [5.41, 5.74) is -1.23. The third-order valence-electron chi connectivity index (χ3n) is 1.64. The molecule has 82 valence electrons. The fraction of sp³-hybridized carbons (Fsp3) is 0.857. The summed E-state index contributed by atoms with van der Waals surface area (Å²) >= 11 is 0. The molecule has 1 aliphatic heterocycles. The van der Waals surface area contributed by atoms with E-state index < -0.39 is 21.7 Å². The molecule has 0 spiro atoms. The molecule has 1 fully saturated rings. The van der Waals surface area contributed by atoms with Gasteiger partial charge >= 0.3 is 16.3 Å². The van der Waals surface area contributed by atoms with Crippen molar-refractivity contribution >= 4 is 16.3 Å². The van der Waals surface area contributed by atoms with Crippen molar-refractivity contribution in [2.45, 2.75) is 25.2 Å².